The molecule has 0 spiro atoms. The van der Waals surface area contributed by atoms with Gasteiger partial charge >= 0.3 is 5.97 Å². The summed E-state index contributed by atoms with van der Waals surface area (Å²) in [7, 11) is 0. The molecule has 0 saturated heterocycles. The predicted molar refractivity (Wildman–Crippen MR) is 61.3 cm³/mol. The summed E-state index contributed by atoms with van der Waals surface area (Å²) < 4.78 is 5.28. The summed E-state index contributed by atoms with van der Waals surface area (Å²) in [4.78, 5) is 10.9. The van der Waals surface area contributed by atoms with Crippen LogP contribution in [0.3, 0.4) is 0 Å². The van der Waals surface area contributed by atoms with E-state index in [1.807, 2.05) is 0 Å². The fourth-order valence-electron chi connectivity index (χ4n) is 1.18. The zero-order valence-corrected chi connectivity index (χ0v) is 9.14. The first-order valence-corrected chi connectivity index (χ1v) is 4.85. The monoisotopic (exact) mass is 221 g/mol. The fourth-order valence-corrected chi connectivity index (χ4v) is 1.18. The minimum atomic E-state index is -1.38. The molecule has 16 heavy (non-hydrogen) atoms. The molecular formula is C12H15NO3. The van der Waals surface area contributed by atoms with Crippen molar-refractivity contribution >= 4 is 5.97 Å². The highest BCUT2D eigenvalue weighted by molar-refractivity contribution is 5.79. The van der Waals surface area contributed by atoms with Gasteiger partial charge in [0, 0.05) is 0 Å². The number of aliphatic carboxylic acids is 1. The molecule has 4 nitrogen and oxygen atoms in total. The first kappa shape index (κ1) is 12.3. The lowest BCUT2D eigenvalue weighted by molar-refractivity contribution is -0.143. The van der Waals surface area contributed by atoms with Crippen molar-refractivity contribution in [3.8, 4) is 5.75 Å². The molecule has 0 radical (unpaired) electrons. The Morgan fingerprint density at radius 1 is 1.56 bits per heavy atom. The minimum Gasteiger partial charge on any atom is -0.490 e. The van der Waals surface area contributed by atoms with Gasteiger partial charge in [-0.15, -0.1) is 0 Å². The van der Waals surface area contributed by atoms with Gasteiger partial charge in [0.2, 0.25) is 0 Å². The Bertz CT molecular complexity index is 382. The van der Waals surface area contributed by atoms with Crippen LogP contribution in [0.5, 0.6) is 5.75 Å². The maximum atomic E-state index is 10.9. The van der Waals surface area contributed by atoms with Crippen LogP contribution in [0.15, 0.2) is 36.9 Å². The molecular weight excluding hydrogens is 206 g/mol. The van der Waals surface area contributed by atoms with E-state index >= 15 is 0 Å². The molecule has 86 valence electrons. The van der Waals surface area contributed by atoms with Gasteiger partial charge in [-0.3, -0.25) is 0 Å². The van der Waals surface area contributed by atoms with Crippen LogP contribution in [0.2, 0.25) is 0 Å². The molecule has 0 saturated carbocycles. The normalized spacial score (nSPS) is 13.9. The quantitative estimate of drug-likeness (QED) is 0.739. The topological polar surface area (TPSA) is 72.5 Å². The highest BCUT2D eigenvalue weighted by Gasteiger charge is 2.29. The van der Waals surface area contributed by atoms with Crippen molar-refractivity contribution < 1.29 is 14.6 Å². The van der Waals surface area contributed by atoms with Gasteiger partial charge in [-0.05, 0) is 24.6 Å². The Hall–Kier alpha value is -1.81. The average Bonchev–Trinajstić information content (AvgIpc) is 2.26. The molecule has 0 aliphatic carbocycles. The summed E-state index contributed by atoms with van der Waals surface area (Å²) in [5, 5.41) is 8.94. The van der Waals surface area contributed by atoms with E-state index in [0.29, 0.717) is 17.9 Å². The smallest absolute Gasteiger partial charge is 0.328 e. The number of hydrogen-bond acceptors (Lipinski definition) is 3. The molecule has 0 aliphatic heterocycles. The Labute approximate surface area is 94.3 Å². The van der Waals surface area contributed by atoms with E-state index in [0.717, 1.165) is 0 Å². The second-order valence-electron chi connectivity index (χ2n) is 3.63. The third-order valence-corrected chi connectivity index (χ3v) is 2.27. The van der Waals surface area contributed by atoms with Crippen LogP contribution in [0.25, 0.3) is 0 Å². The van der Waals surface area contributed by atoms with Crippen LogP contribution >= 0.6 is 0 Å². The largest absolute Gasteiger partial charge is 0.490 e. The Morgan fingerprint density at radius 3 is 2.56 bits per heavy atom. The molecule has 3 N–H and O–H groups in total. The number of nitrogens with two attached hydrogens (primary N) is 1. The van der Waals surface area contributed by atoms with Crippen LogP contribution in [-0.2, 0) is 10.3 Å². The van der Waals surface area contributed by atoms with Gasteiger partial charge in [-0.1, -0.05) is 24.8 Å². The second kappa shape index (κ2) is 4.81. The van der Waals surface area contributed by atoms with Crippen LogP contribution in [0.1, 0.15) is 12.5 Å². The van der Waals surface area contributed by atoms with Gasteiger partial charge in [0.1, 0.15) is 17.9 Å². The third-order valence-electron chi connectivity index (χ3n) is 2.27. The van der Waals surface area contributed by atoms with Crippen molar-refractivity contribution in [2.24, 2.45) is 5.73 Å². The number of carbonyl (C=O) groups is 1. The summed E-state index contributed by atoms with van der Waals surface area (Å²) in [5.74, 6) is -0.405. The molecule has 0 fully saturated rings. The van der Waals surface area contributed by atoms with E-state index in [1.54, 1.807) is 30.3 Å². The predicted octanol–water partition coefficient (Wildman–Crippen LogP) is 1.51. The Morgan fingerprint density at radius 2 is 2.12 bits per heavy atom. The molecule has 0 aromatic heterocycles. The van der Waals surface area contributed by atoms with Crippen LogP contribution < -0.4 is 10.5 Å². The zero-order valence-electron chi connectivity index (χ0n) is 9.14. The Balaban J connectivity index is 2.86. The van der Waals surface area contributed by atoms with E-state index in [2.05, 4.69) is 6.58 Å². The Kier molecular flexibility index (Phi) is 3.68. The molecule has 1 atom stereocenters. The van der Waals surface area contributed by atoms with E-state index in [4.69, 9.17) is 15.6 Å². The highest BCUT2D eigenvalue weighted by atomic mass is 16.5. The lowest BCUT2D eigenvalue weighted by Gasteiger charge is -2.19. The molecule has 4 heteroatoms. The van der Waals surface area contributed by atoms with Crippen molar-refractivity contribution in [1.82, 2.24) is 0 Å². The molecule has 1 rings (SSSR count). The van der Waals surface area contributed by atoms with Gasteiger partial charge in [0.05, 0.1) is 0 Å². The van der Waals surface area contributed by atoms with Crippen molar-refractivity contribution in [1.29, 1.82) is 0 Å². The summed E-state index contributed by atoms with van der Waals surface area (Å²) in [5.41, 5.74) is 4.83. The maximum Gasteiger partial charge on any atom is 0.328 e. The van der Waals surface area contributed by atoms with Gasteiger partial charge in [0.15, 0.2) is 0 Å². The summed E-state index contributed by atoms with van der Waals surface area (Å²) in [6.07, 6.45) is 1.64. The van der Waals surface area contributed by atoms with Crippen LogP contribution in [-0.4, -0.2) is 17.7 Å². The molecule has 0 aliphatic rings. The van der Waals surface area contributed by atoms with Crippen LogP contribution in [0, 0.1) is 0 Å². The van der Waals surface area contributed by atoms with Crippen molar-refractivity contribution in [2.75, 3.05) is 6.61 Å². The lowest BCUT2D eigenvalue weighted by Crippen LogP contribution is -2.41. The van der Waals surface area contributed by atoms with Gasteiger partial charge in [-0.25, -0.2) is 4.79 Å². The SMILES string of the molecule is C=CCOc1ccc([C@](C)(N)C(=O)O)cc1. The molecule has 1 aromatic rings. The third kappa shape index (κ3) is 2.61. The fraction of sp³-hybridized carbons (Fsp3) is 0.250. The number of ether oxygens (including phenoxy) is 1. The van der Waals surface area contributed by atoms with E-state index in [-0.39, 0.29) is 0 Å². The average molecular weight is 221 g/mol. The van der Waals surface area contributed by atoms with Gasteiger partial charge < -0.3 is 15.6 Å². The summed E-state index contributed by atoms with van der Waals surface area (Å²) in [6, 6.07) is 6.67. The number of rotatable bonds is 5. The zero-order chi connectivity index (χ0) is 12.2. The van der Waals surface area contributed by atoms with Crippen molar-refractivity contribution in [3.05, 3.63) is 42.5 Å². The number of benzene rings is 1. The van der Waals surface area contributed by atoms with Gasteiger partial charge in [0.25, 0.3) is 0 Å². The van der Waals surface area contributed by atoms with E-state index in [9.17, 15) is 4.79 Å². The van der Waals surface area contributed by atoms with E-state index < -0.39 is 11.5 Å². The minimum absolute atomic E-state index is 0.415. The molecule has 0 amide bonds. The van der Waals surface area contributed by atoms with Crippen LogP contribution in [0.4, 0.5) is 0 Å². The van der Waals surface area contributed by atoms with Crippen molar-refractivity contribution in [3.63, 3.8) is 0 Å². The highest BCUT2D eigenvalue weighted by Crippen LogP contribution is 2.21. The summed E-state index contributed by atoms with van der Waals surface area (Å²) in [6.45, 7) is 5.40. The second-order valence-corrected chi connectivity index (χ2v) is 3.63. The molecule has 0 unspecified atom stereocenters. The maximum absolute atomic E-state index is 10.9. The molecule has 1 aromatic carbocycles. The first-order valence-electron chi connectivity index (χ1n) is 4.85. The van der Waals surface area contributed by atoms with E-state index in [1.165, 1.54) is 6.92 Å². The molecule has 0 heterocycles. The lowest BCUT2D eigenvalue weighted by atomic mass is 9.93. The number of carboxylic acids is 1. The summed E-state index contributed by atoms with van der Waals surface area (Å²) >= 11 is 0. The standard InChI is InChI=1S/C12H15NO3/c1-3-8-16-10-6-4-9(5-7-10)12(2,13)11(14)15/h3-7H,1,8,13H2,2H3,(H,14,15)/t12-/m0/s1. The van der Waals surface area contributed by atoms with Gasteiger partial charge in [-0.2, -0.15) is 0 Å². The number of carboxylic acid groups (broad SMARTS) is 1. The first-order chi connectivity index (χ1) is 7.48. The molecule has 0 bridgehead atoms. The van der Waals surface area contributed by atoms with Crippen molar-refractivity contribution in [2.45, 2.75) is 12.5 Å². The number of hydrogen-bond donors (Lipinski definition) is 2.